The summed E-state index contributed by atoms with van der Waals surface area (Å²) in [5.41, 5.74) is 1.12. The number of sulfonamides is 1. The van der Waals surface area contributed by atoms with E-state index in [4.69, 9.17) is 0 Å². The molecule has 2 aliphatic rings. The molecular weight excluding hydrogens is 336 g/mol. The number of anilines is 1. The summed E-state index contributed by atoms with van der Waals surface area (Å²) in [6.45, 7) is 9.26. The first-order valence-electron chi connectivity index (χ1n) is 9.46. The molecular formula is C18H30N4O2S. The van der Waals surface area contributed by atoms with Crippen molar-refractivity contribution in [1.29, 1.82) is 0 Å². The Labute approximate surface area is 151 Å². The van der Waals surface area contributed by atoms with Gasteiger partial charge in [-0.3, -0.25) is 0 Å². The van der Waals surface area contributed by atoms with E-state index in [0.29, 0.717) is 32.0 Å². The second-order valence-electron chi connectivity index (χ2n) is 7.69. The molecule has 2 saturated heterocycles. The fourth-order valence-corrected chi connectivity index (χ4v) is 6.06. The summed E-state index contributed by atoms with van der Waals surface area (Å²) in [4.78, 5) is 11.1. The minimum atomic E-state index is -3.16. The summed E-state index contributed by atoms with van der Waals surface area (Å²) in [7, 11) is -3.16. The predicted octanol–water partition coefficient (Wildman–Crippen LogP) is 2.32. The van der Waals surface area contributed by atoms with Gasteiger partial charge in [-0.1, -0.05) is 20.8 Å². The van der Waals surface area contributed by atoms with E-state index in [1.165, 1.54) is 0 Å². The molecule has 2 aliphatic heterocycles. The van der Waals surface area contributed by atoms with Crippen LogP contribution in [0.1, 0.15) is 45.6 Å². The predicted molar refractivity (Wildman–Crippen MR) is 100 cm³/mol. The number of fused-ring (bicyclic) bond motifs is 1. The van der Waals surface area contributed by atoms with Crippen LogP contribution in [0.2, 0.25) is 0 Å². The number of rotatable bonds is 5. The van der Waals surface area contributed by atoms with Gasteiger partial charge in [0.15, 0.2) is 0 Å². The summed E-state index contributed by atoms with van der Waals surface area (Å²) < 4.78 is 27.5. The smallest absolute Gasteiger partial charge is 0.225 e. The highest BCUT2D eigenvalue weighted by Crippen LogP contribution is 2.35. The van der Waals surface area contributed by atoms with Crippen molar-refractivity contribution in [2.75, 3.05) is 31.1 Å². The zero-order valence-electron chi connectivity index (χ0n) is 15.6. The first-order chi connectivity index (χ1) is 11.9. The Kier molecular flexibility index (Phi) is 5.63. The Bertz CT molecular complexity index is 675. The Balaban J connectivity index is 1.67. The fourth-order valence-electron chi connectivity index (χ4n) is 3.81. The van der Waals surface area contributed by atoms with Gasteiger partial charge < -0.3 is 4.90 Å². The lowest BCUT2D eigenvalue weighted by atomic mass is 10.0. The van der Waals surface area contributed by atoms with E-state index >= 15 is 0 Å². The Hall–Kier alpha value is -1.21. The lowest BCUT2D eigenvalue weighted by Gasteiger charge is -2.22. The van der Waals surface area contributed by atoms with Crippen LogP contribution in [0.5, 0.6) is 0 Å². The van der Waals surface area contributed by atoms with Crippen LogP contribution in [-0.4, -0.2) is 54.1 Å². The molecule has 2 fully saturated rings. The van der Waals surface area contributed by atoms with Crippen LogP contribution in [-0.2, 0) is 16.4 Å². The van der Waals surface area contributed by atoms with Crippen LogP contribution < -0.4 is 4.90 Å². The van der Waals surface area contributed by atoms with Gasteiger partial charge in [0.25, 0.3) is 0 Å². The third-order valence-corrected chi connectivity index (χ3v) is 7.94. The first-order valence-corrected chi connectivity index (χ1v) is 11.0. The lowest BCUT2D eigenvalue weighted by molar-refractivity contribution is 0.362. The van der Waals surface area contributed by atoms with Gasteiger partial charge >= 0.3 is 0 Å². The Morgan fingerprint density at radius 1 is 1.20 bits per heavy atom. The van der Waals surface area contributed by atoms with E-state index in [2.05, 4.69) is 35.6 Å². The topological polar surface area (TPSA) is 66.4 Å². The maximum absolute atomic E-state index is 12.9. The van der Waals surface area contributed by atoms with Crippen LogP contribution >= 0.6 is 0 Å². The summed E-state index contributed by atoms with van der Waals surface area (Å²) in [5, 5.41) is -0.237. The van der Waals surface area contributed by atoms with Crippen LogP contribution in [0.3, 0.4) is 0 Å². The highest BCUT2D eigenvalue weighted by atomic mass is 32.2. The molecule has 7 heteroatoms. The summed E-state index contributed by atoms with van der Waals surface area (Å²) in [6, 6.07) is 0. The average molecular weight is 367 g/mol. The third-order valence-electron chi connectivity index (χ3n) is 5.50. The first kappa shape index (κ1) is 18.6. The summed E-state index contributed by atoms with van der Waals surface area (Å²) >= 11 is 0. The molecule has 3 rings (SSSR count). The molecule has 2 atom stereocenters. The largest absolute Gasteiger partial charge is 0.341 e. The minimum absolute atomic E-state index is 0.233. The molecule has 25 heavy (non-hydrogen) atoms. The number of nitrogens with zero attached hydrogens (tertiary/aromatic N) is 4. The number of aryl methyl sites for hydroxylation is 1. The van der Waals surface area contributed by atoms with Crippen molar-refractivity contribution in [3.63, 3.8) is 0 Å². The van der Waals surface area contributed by atoms with E-state index in [1.807, 2.05) is 12.4 Å². The van der Waals surface area contributed by atoms with Gasteiger partial charge in [-0.2, -0.15) is 0 Å². The van der Waals surface area contributed by atoms with Gasteiger partial charge in [0.1, 0.15) is 0 Å². The molecule has 0 radical (unpaired) electrons. The van der Waals surface area contributed by atoms with E-state index in [-0.39, 0.29) is 11.2 Å². The quantitative estimate of drug-likeness (QED) is 0.800. The average Bonchev–Trinajstić information content (AvgIpc) is 2.74. The third kappa shape index (κ3) is 3.97. The zero-order valence-corrected chi connectivity index (χ0v) is 16.4. The van der Waals surface area contributed by atoms with Crippen molar-refractivity contribution < 1.29 is 8.42 Å². The van der Waals surface area contributed by atoms with Crippen molar-refractivity contribution in [1.82, 2.24) is 14.3 Å². The number of aromatic nitrogens is 2. The molecule has 3 heterocycles. The van der Waals surface area contributed by atoms with Gasteiger partial charge in [-0.25, -0.2) is 22.7 Å². The number of hydrogen-bond acceptors (Lipinski definition) is 5. The molecule has 6 nitrogen and oxygen atoms in total. The van der Waals surface area contributed by atoms with Gasteiger partial charge in [-0.15, -0.1) is 0 Å². The summed E-state index contributed by atoms with van der Waals surface area (Å²) in [5.74, 6) is 1.49. The van der Waals surface area contributed by atoms with Crippen LogP contribution in [0, 0.1) is 11.8 Å². The fraction of sp³-hybridized carbons (Fsp3) is 0.778. The van der Waals surface area contributed by atoms with Crippen molar-refractivity contribution >= 4 is 16.0 Å². The molecule has 0 aliphatic carbocycles. The van der Waals surface area contributed by atoms with Gasteiger partial charge in [-0.05, 0) is 43.1 Å². The van der Waals surface area contributed by atoms with Crippen molar-refractivity contribution in [3.05, 3.63) is 18.0 Å². The Morgan fingerprint density at radius 2 is 1.88 bits per heavy atom. The maximum atomic E-state index is 12.9. The molecule has 0 amide bonds. The highest BCUT2D eigenvalue weighted by molar-refractivity contribution is 7.90. The van der Waals surface area contributed by atoms with E-state index < -0.39 is 10.0 Å². The molecule has 0 aromatic carbocycles. The number of hydrogen-bond donors (Lipinski definition) is 0. The molecule has 0 saturated carbocycles. The monoisotopic (exact) mass is 366 g/mol. The van der Waals surface area contributed by atoms with Gasteiger partial charge in [0.05, 0.1) is 5.25 Å². The maximum Gasteiger partial charge on any atom is 0.225 e. The normalized spacial score (nSPS) is 26.6. The summed E-state index contributed by atoms with van der Waals surface area (Å²) in [6.07, 6.45) is 7.17. The Morgan fingerprint density at radius 3 is 2.52 bits per heavy atom. The van der Waals surface area contributed by atoms with Crippen LogP contribution in [0.15, 0.2) is 12.4 Å². The standard InChI is InChI=1S/C18H30N4O2S/c1-4-15-11-19-18(20-12-15)21-8-6-16-13-22(10-5-14(2)3)25(23,24)17(16)7-9-21/h11-12,14,16-17H,4-10,13H2,1-3H3/t16-,17-/m0/s1. The van der Waals surface area contributed by atoms with Crippen molar-refractivity contribution in [2.45, 2.75) is 51.7 Å². The lowest BCUT2D eigenvalue weighted by Crippen LogP contribution is -2.33. The van der Waals surface area contributed by atoms with Crippen LogP contribution in [0.4, 0.5) is 5.95 Å². The molecule has 140 valence electrons. The van der Waals surface area contributed by atoms with Crippen LogP contribution in [0.25, 0.3) is 0 Å². The zero-order chi connectivity index (χ0) is 18.0. The SMILES string of the molecule is CCc1cnc(N2CC[C@H]3CN(CCC(C)C)S(=O)(=O)[C@H]3CC2)nc1. The molecule has 1 aromatic rings. The van der Waals surface area contributed by atoms with Crippen molar-refractivity contribution in [2.24, 2.45) is 11.8 Å². The second kappa shape index (κ2) is 7.58. The molecule has 0 N–H and O–H groups in total. The molecule has 0 bridgehead atoms. The molecule has 0 spiro atoms. The van der Waals surface area contributed by atoms with Gasteiger partial charge in [0, 0.05) is 38.6 Å². The van der Waals surface area contributed by atoms with E-state index in [9.17, 15) is 8.42 Å². The van der Waals surface area contributed by atoms with Crippen molar-refractivity contribution in [3.8, 4) is 0 Å². The van der Waals surface area contributed by atoms with E-state index in [1.54, 1.807) is 4.31 Å². The molecule has 0 unspecified atom stereocenters. The highest BCUT2D eigenvalue weighted by Gasteiger charge is 2.46. The molecule has 1 aromatic heterocycles. The second-order valence-corrected chi connectivity index (χ2v) is 9.85. The van der Waals surface area contributed by atoms with E-state index in [0.717, 1.165) is 37.3 Å². The van der Waals surface area contributed by atoms with Gasteiger partial charge in [0.2, 0.25) is 16.0 Å². The minimum Gasteiger partial charge on any atom is -0.341 e.